The summed E-state index contributed by atoms with van der Waals surface area (Å²) in [5.74, 6) is 1.45. The number of ether oxygens (including phenoxy) is 2. The van der Waals surface area contributed by atoms with E-state index < -0.39 is 0 Å². The van der Waals surface area contributed by atoms with Crippen LogP contribution in [0.15, 0.2) is 30.5 Å². The molecule has 2 fully saturated rings. The molecule has 2 aromatic rings. The highest BCUT2D eigenvalue weighted by atomic mass is 16.5. The first-order valence-corrected chi connectivity index (χ1v) is 8.70. The van der Waals surface area contributed by atoms with Crippen molar-refractivity contribution >= 4 is 0 Å². The lowest BCUT2D eigenvalue weighted by molar-refractivity contribution is 0.0905. The molecular formula is C18H24N4O2. The number of hydrogen-bond acceptors (Lipinski definition) is 5. The van der Waals surface area contributed by atoms with Crippen molar-refractivity contribution in [3.8, 4) is 5.88 Å². The Balaban J connectivity index is 1.42. The SMILES string of the molecule is COc1cccc(CN[C@H]2CCO[C@@H]2c2ccnn2CC2CC2)n1. The zero-order valence-corrected chi connectivity index (χ0v) is 14.0. The Bertz CT molecular complexity index is 683. The molecule has 1 aliphatic carbocycles. The largest absolute Gasteiger partial charge is 0.481 e. The highest BCUT2D eigenvalue weighted by Crippen LogP contribution is 2.34. The van der Waals surface area contributed by atoms with Crippen LogP contribution in [-0.2, 0) is 17.8 Å². The Morgan fingerprint density at radius 2 is 2.21 bits per heavy atom. The van der Waals surface area contributed by atoms with Gasteiger partial charge in [0, 0.05) is 38.0 Å². The number of hydrogen-bond donors (Lipinski definition) is 1. The van der Waals surface area contributed by atoms with E-state index in [9.17, 15) is 0 Å². The third-order valence-electron chi connectivity index (χ3n) is 4.80. The molecule has 2 atom stereocenters. The van der Waals surface area contributed by atoms with Gasteiger partial charge in [-0.25, -0.2) is 4.98 Å². The van der Waals surface area contributed by atoms with Crippen LogP contribution >= 0.6 is 0 Å². The minimum absolute atomic E-state index is 0.0665. The van der Waals surface area contributed by atoms with Gasteiger partial charge in [-0.1, -0.05) is 6.07 Å². The Morgan fingerprint density at radius 3 is 3.04 bits per heavy atom. The molecule has 0 amide bonds. The molecule has 1 N–H and O–H groups in total. The third-order valence-corrected chi connectivity index (χ3v) is 4.80. The summed E-state index contributed by atoms with van der Waals surface area (Å²) in [5.41, 5.74) is 2.17. The molecule has 128 valence electrons. The fourth-order valence-corrected chi connectivity index (χ4v) is 3.28. The van der Waals surface area contributed by atoms with Crippen LogP contribution in [-0.4, -0.2) is 34.5 Å². The second-order valence-corrected chi connectivity index (χ2v) is 6.62. The van der Waals surface area contributed by atoms with Crippen LogP contribution in [0.3, 0.4) is 0 Å². The molecule has 0 aromatic carbocycles. The van der Waals surface area contributed by atoms with Gasteiger partial charge in [0.1, 0.15) is 6.10 Å². The monoisotopic (exact) mass is 328 g/mol. The maximum atomic E-state index is 6.02. The summed E-state index contributed by atoms with van der Waals surface area (Å²) >= 11 is 0. The van der Waals surface area contributed by atoms with Crippen molar-refractivity contribution in [1.29, 1.82) is 0 Å². The van der Waals surface area contributed by atoms with E-state index in [1.54, 1.807) is 7.11 Å². The Morgan fingerprint density at radius 1 is 1.29 bits per heavy atom. The molecule has 0 unspecified atom stereocenters. The van der Waals surface area contributed by atoms with Crippen molar-refractivity contribution in [3.05, 3.63) is 41.9 Å². The van der Waals surface area contributed by atoms with Crippen LogP contribution < -0.4 is 10.1 Å². The molecule has 4 rings (SSSR count). The van der Waals surface area contributed by atoms with Crippen LogP contribution in [0.2, 0.25) is 0 Å². The molecule has 6 nitrogen and oxygen atoms in total. The zero-order chi connectivity index (χ0) is 16.4. The molecular weight excluding hydrogens is 304 g/mol. The normalized spacial score (nSPS) is 23.5. The number of aromatic nitrogens is 3. The lowest BCUT2D eigenvalue weighted by Gasteiger charge is -2.21. The van der Waals surface area contributed by atoms with Gasteiger partial charge in [-0.2, -0.15) is 5.10 Å². The van der Waals surface area contributed by atoms with Gasteiger partial charge in [0.15, 0.2) is 0 Å². The van der Waals surface area contributed by atoms with Gasteiger partial charge in [-0.05, 0) is 37.3 Å². The molecule has 6 heteroatoms. The zero-order valence-electron chi connectivity index (χ0n) is 14.0. The molecule has 0 radical (unpaired) electrons. The highest BCUT2D eigenvalue weighted by Gasteiger charge is 2.33. The molecule has 2 aromatic heterocycles. The van der Waals surface area contributed by atoms with E-state index in [0.29, 0.717) is 12.4 Å². The summed E-state index contributed by atoms with van der Waals surface area (Å²) in [7, 11) is 1.64. The van der Waals surface area contributed by atoms with Crippen LogP contribution in [0.25, 0.3) is 0 Å². The number of nitrogens with one attached hydrogen (secondary N) is 1. The van der Waals surface area contributed by atoms with Crippen molar-refractivity contribution in [2.24, 2.45) is 5.92 Å². The van der Waals surface area contributed by atoms with Crippen LogP contribution in [0, 0.1) is 5.92 Å². The van der Waals surface area contributed by atoms with E-state index in [2.05, 4.69) is 26.1 Å². The Hall–Kier alpha value is -1.92. The second-order valence-electron chi connectivity index (χ2n) is 6.62. The number of methoxy groups -OCH3 is 1. The molecule has 3 heterocycles. The summed E-state index contributed by atoms with van der Waals surface area (Å²) in [6, 6.07) is 8.22. The Labute approximate surface area is 142 Å². The van der Waals surface area contributed by atoms with Crippen LogP contribution in [0.1, 0.15) is 36.8 Å². The lowest BCUT2D eigenvalue weighted by Crippen LogP contribution is -2.32. The summed E-state index contributed by atoms with van der Waals surface area (Å²) in [6.07, 6.45) is 5.61. The first kappa shape index (κ1) is 15.6. The lowest BCUT2D eigenvalue weighted by atomic mass is 10.1. The minimum atomic E-state index is 0.0665. The quantitative estimate of drug-likeness (QED) is 0.845. The van der Waals surface area contributed by atoms with E-state index in [4.69, 9.17) is 9.47 Å². The highest BCUT2D eigenvalue weighted by molar-refractivity contribution is 5.16. The van der Waals surface area contributed by atoms with Crippen LogP contribution in [0.4, 0.5) is 0 Å². The Kier molecular flexibility index (Phi) is 4.49. The van der Waals surface area contributed by atoms with Crippen molar-refractivity contribution < 1.29 is 9.47 Å². The van der Waals surface area contributed by atoms with E-state index in [1.165, 1.54) is 18.5 Å². The van der Waals surface area contributed by atoms with Gasteiger partial charge >= 0.3 is 0 Å². The molecule has 0 spiro atoms. The fourth-order valence-electron chi connectivity index (χ4n) is 3.28. The first-order valence-electron chi connectivity index (χ1n) is 8.70. The van der Waals surface area contributed by atoms with Crippen molar-refractivity contribution in [3.63, 3.8) is 0 Å². The van der Waals surface area contributed by atoms with E-state index in [-0.39, 0.29) is 12.1 Å². The second kappa shape index (κ2) is 6.91. The summed E-state index contributed by atoms with van der Waals surface area (Å²) < 4.78 is 13.3. The average Bonchev–Trinajstić information content (AvgIpc) is 3.11. The van der Waals surface area contributed by atoms with E-state index >= 15 is 0 Å². The van der Waals surface area contributed by atoms with E-state index in [0.717, 1.165) is 31.2 Å². The predicted molar refractivity (Wildman–Crippen MR) is 89.7 cm³/mol. The molecule has 1 aliphatic heterocycles. The molecule has 2 aliphatic rings. The maximum Gasteiger partial charge on any atom is 0.213 e. The van der Waals surface area contributed by atoms with Gasteiger partial charge in [-0.15, -0.1) is 0 Å². The minimum Gasteiger partial charge on any atom is -0.481 e. The van der Waals surface area contributed by atoms with Gasteiger partial charge in [0.2, 0.25) is 5.88 Å². The summed E-state index contributed by atoms with van der Waals surface area (Å²) in [6.45, 7) is 2.51. The topological polar surface area (TPSA) is 61.2 Å². The first-order chi connectivity index (χ1) is 11.8. The van der Waals surface area contributed by atoms with Crippen molar-refractivity contribution in [2.45, 2.75) is 44.5 Å². The van der Waals surface area contributed by atoms with Gasteiger partial charge in [-0.3, -0.25) is 4.68 Å². The van der Waals surface area contributed by atoms with Crippen LogP contribution in [0.5, 0.6) is 5.88 Å². The average molecular weight is 328 g/mol. The van der Waals surface area contributed by atoms with E-state index in [1.807, 2.05) is 24.4 Å². The van der Waals surface area contributed by atoms with Gasteiger partial charge in [0.25, 0.3) is 0 Å². The van der Waals surface area contributed by atoms with Gasteiger partial charge in [0.05, 0.1) is 18.5 Å². The molecule has 1 saturated carbocycles. The third kappa shape index (κ3) is 3.44. The maximum absolute atomic E-state index is 6.02. The molecule has 1 saturated heterocycles. The smallest absolute Gasteiger partial charge is 0.213 e. The van der Waals surface area contributed by atoms with Crippen molar-refractivity contribution in [1.82, 2.24) is 20.1 Å². The number of rotatable bonds is 7. The number of pyridine rings is 1. The standard InChI is InChI=1S/C18H24N4O2/c1-23-17-4-2-3-14(21-17)11-19-15-8-10-24-18(15)16-7-9-20-22(16)12-13-5-6-13/h2-4,7,9,13,15,18-19H,5-6,8,10-12H2,1H3/t15-,18-/m0/s1. The fraction of sp³-hybridized carbons (Fsp3) is 0.556. The number of nitrogens with zero attached hydrogens (tertiary/aromatic N) is 3. The summed E-state index contributed by atoms with van der Waals surface area (Å²) in [5, 5.41) is 8.10. The van der Waals surface area contributed by atoms with Gasteiger partial charge < -0.3 is 14.8 Å². The molecule has 24 heavy (non-hydrogen) atoms. The van der Waals surface area contributed by atoms with Crippen molar-refractivity contribution in [2.75, 3.05) is 13.7 Å². The predicted octanol–water partition coefficient (Wildman–Crippen LogP) is 2.32. The summed E-state index contributed by atoms with van der Waals surface area (Å²) in [4.78, 5) is 4.46. The molecule has 0 bridgehead atoms.